The first-order chi connectivity index (χ1) is 9.04. The molecule has 0 spiro atoms. The molecule has 0 unspecified atom stereocenters. The molecular formula is C13H12Cl2N4. The van der Waals surface area contributed by atoms with Crippen molar-refractivity contribution in [3.05, 3.63) is 51.4 Å². The van der Waals surface area contributed by atoms with Crippen molar-refractivity contribution < 1.29 is 0 Å². The summed E-state index contributed by atoms with van der Waals surface area (Å²) in [5.74, 6) is 1.34. The van der Waals surface area contributed by atoms with E-state index in [1.165, 1.54) is 0 Å². The predicted molar refractivity (Wildman–Crippen MR) is 79.2 cm³/mol. The molecule has 2 aromatic rings. The third-order valence-electron chi connectivity index (χ3n) is 2.31. The molecule has 0 bridgehead atoms. The molecule has 1 aromatic carbocycles. The molecule has 2 rings (SSSR count). The number of aryl methyl sites for hydroxylation is 2. The Balaban J connectivity index is 2.11. The molecule has 0 saturated carbocycles. The Kier molecular flexibility index (Phi) is 4.35. The van der Waals surface area contributed by atoms with E-state index in [1.54, 1.807) is 24.4 Å². The second kappa shape index (κ2) is 5.99. The third kappa shape index (κ3) is 3.91. The normalized spacial score (nSPS) is 10.9. The molecule has 0 aliphatic heterocycles. The molecule has 0 saturated heterocycles. The van der Waals surface area contributed by atoms with E-state index in [0.29, 0.717) is 21.7 Å². The van der Waals surface area contributed by atoms with E-state index in [0.717, 1.165) is 11.3 Å². The fourth-order valence-corrected chi connectivity index (χ4v) is 2.01. The number of hydrogen-bond donors (Lipinski definition) is 1. The fraction of sp³-hybridized carbons (Fsp3) is 0.154. The first kappa shape index (κ1) is 13.8. The Morgan fingerprint density at radius 3 is 2.63 bits per heavy atom. The lowest BCUT2D eigenvalue weighted by atomic mass is 10.2. The highest BCUT2D eigenvalue weighted by molar-refractivity contribution is 6.36. The van der Waals surface area contributed by atoms with E-state index >= 15 is 0 Å². The zero-order valence-electron chi connectivity index (χ0n) is 10.5. The van der Waals surface area contributed by atoms with Crippen molar-refractivity contribution in [2.24, 2.45) is 5.10 Å². The highest BCUT2D eigenvalue weighted by Gasteiger charge is 1.99. The van der Waals surface area contributed by atoms with Gasteiger partial charge in [0.05, 0.1) is 11.2 Å². The van der Waals surface area contributed by atoms with Gasteiger partial charge in [0.25, 0.3) is 0 Å². The largest absolute Gasteiger partial charge is 0.261 e. The maximum absolute atomic E-state index is 6.03. The van der Waals surface area contributed by atoms with Crippen LogP contribution < -0.4 is 5.43 Å². The smallest absolute Gasteiger partial charge is 0.150 e. The van der Waals surface area contributed by atoms with Crippen LogP contribution in [0.2, 0.25) is 10.0 Å². The summed E-state index contributed by atoms with van der Waals surface area (Å²) in [5, 5.41) is 5.24. The summed E-state index contributed by atoms with van der Waals surface area (Å²) in [6, 6.07) is 7.04. The number of nitrogens with zero attached hydrogens (tertiary/aromatic N) is 3. The summed E-state index contributed by atoms with van der Waals surface area (Å²) in [6.07, 6.45) is 1.62. The Morgan fingerprint density at radius 2 is 1.95 bits per heavy atom. The van der Waals surface area contributed by atoms with Crippen LogP contribution in [-0.2, 0) is 0 Å². The van der Waals surface area contributed by atoms with Gasteiger partial charge in [-0.15, -0.1) is 0 Å². The first-order valence-electron chi connectivity index (χ1n) is 5.61. The number of hydrazone groups is 1. The maximum Gasteiger partial charge on any atom is 0.150 e. The molecule has 0 aliphatic rings. The molecule has 98 valence electrons. The zero-order valence-corrected chi connectivity index (χ0v) is 12.0. The minimum absolute atomic E-state index is 0.549. The van der Waals surface area contributed by atoms with Gasteiger partial charge in [0.2, 0.25) is 0 Å². The molecule has 0 fully saturated rings. The van der Waals surface area contributed by atoms with Gasteiger partial charge in [0.15, 0.2) is 0 Å². The minimum Gasteiger partial charge on any atom is -0.261 e. The van der Waals surface area contributed by atoms with Crippen LogP contribution >= 0.6 is 23.2 Å². The average Bonchev–Trinajstić information content (AvgIpc) is 2.30. The molecule has 4 nitrogen and oxygen atoms in total. The fourth-order valence-electron chi connectivity index (χ4n) is 1.55. The highest BCUT2D eigenvalue weighted by atomic mass is 35.5. The number of aromatic nitrogens is 2. The Hall–Kier alpha value is -1.65. The van der Waals surface area contributed by atoms with Crippen molar-refractivity contribution >= 4 is 35.2 Å². The summed E-state index contributed by atoms with van der Waals surface area (Å²) in [6.45, 7) is 3.73. The molecule has 0 atom stereocenters. The Labute approximate surface area is 121 Å². The van der Waals surface area contributed by atoms with Gasteiger partial charge in [-0.3, -0.25) is 5.43 Å². The second-order valence-electron chi connectivity index (χ2n) is 3.98. The molecule has 1 aromatic heterocycles. The zero-order chi connectivity index (χ0) is 13.8. The first-order valence-corrected chi connectivity index (χ1v) is 6.36. The number of hydrogen-bond acceptors (Lipinski definition) is 4. The maximum atomic E-state index is 6.03. The van der Waals surface area contributed by atoms with Crippen LogP contribution in [0.15, 0.2) is 29.4 Å². The minimum atomic E-state index is 0.549. The van der Waals surface area contributed by atoms with Gasteiger partial charge in [0.1, 0.15) is 11.6 Å². The standard InChI is InChI=1S/C13H12Cl2N4/c1-8-5-13(18-9(2)17-8)19-16-7-10-3-4-11(14)6-12(10)15/h3-7H,1-2H3,(H,17,18,19)/b16-7+. The van der Waals surface area contributed by atoms with E-state index in [1.807, 2.05) is 19.9 Å². The van der Waals surface area contributed by atoms with E-state index in [2.05, 4.69) is 20.5 Å². The Bertz CT molecular complexity index is 606. The number of anilines is 1. The monoisotopic (exact) mass is 294 g/mol. The van der Waals surface area contributed by atoms with Crippen molar-refractivity contribution in [2.75, 3.05) is 5.43 Å². The topological polar surface area (TPSA) is 50.2 Å². The van der Waals surface area contributed by atoms with Crippen LogP contribution in [0, 0.1) is 13.8 Å². The van der Waals surface area contributed by atoms with Crippen LogP contribution in [0.4, 0.5) is 5.82 Å². The molecule has 0 aliphatic carbocycles. The quantitative estimate of drug-likeness (QED) is 0.691. The van der Waals surface area contributed by atoms with Crippen LogP contribution in [0.5, 0.6) is 0 Å². The number of nitrogens with one attached hydrogen (secondary N) is 1. The van der Waals surface area contributed by atoms with Gasteiger partial charge >= 0.3 is 0 Å². The molecule has 0 radical (unpaired) electrons. The van der Waals surface area contributed by atoms with Gasteiger partial charge in [-0.25, -0.2) is 9.97 Å². The molecular weight excluding hydrogens is 283 g/mol. The summed E-state index contributed by atoms with van der Waals surface area (Å²) in [7, 11) is 0. The number of benzene rings is 1. The van der Waals surface area contributed by atoms with Crippen LogP contribution in [0.1, 0.15) is 17.1 Å². The van der Waals surface area contributed by atoms with Crippen molar-refractivity contribution in [1.29, 1.82) is 0 Å². The summed E-state index contributed by atoms with van der Waals surface area (Å²) >= 11 is 11.9. The molecule has 19 heavy (non-hydrogen) atoms. The van der Waals surface area contributed by atoms with E-state index in [4.69, 9.17) is 23.2 Å². The van der Waals surface area contributed by atoms with Gasteiger partial charge in [-0.2, -0.15) is 5.10 Å². The molecule has 0 amide bonds. The van der Waals surface area contributed by atoms with E-state index in [-0.39, 0.29) is 0 Å². The van der Waals surface area contributed by atoms with E-state index < -0.39 is 0 Å². The predicted octanol–water partition coefficient (Wildman–Crippen LogP) is 3.85. The molecule has 1 N–H and O–H groups in total. The van der Waals surface area contributed by atoms with Gasteiger partial charge in [0, 0.05) is 22.3 Å². The third-order valence-corrected chi connectivity index (χ3v) is 2.87. The second-order valence-corrected chi connectivity index (χ2v) is 4.82. The van der Waals surface area contributed by atoms with Crippen molar-refractivity contribution in [3.8, 4) is 0 Å². The lowest BCUT2D eigenvalue weighted by Gasteiger charge is -2.02. The summed E-state index contributed by atoms with van der Waals surface area (Å²) < 4.78 is 0. The van der Waals surface area contributed by atoms with Crippen LogP contribution in [-0.4, -0.2) is 16.2 Å². The number of halogens is 2. The Morgan fingerprint density at radius 1 is 1.16 bits per heavy atom. The molecule has 1 heterocycles. The summed E-state index contributed by atoms with van der Waals surface area (Å²) in [4.78, 5) is 8.40. The van der Waals surface area contributed by atoms with Gasteiger partial charge < -0.3 is 0 Å². The average molecular weight is 295 g/mol. The molecule has 6 heteroatoms. The van der Waals surface area contributed by atoms with E-state index in [9.17, 15) is 0 Å². The highest BCUT2D eigenvalue weighted by Crippen LogP contribution is 2.19. The van der Waals surface area contributed by atoms with Crippen molar-refractivity contribution in [1.82, 2.24) is 9.97 Å². The van der Waals surface area contributed by atoms with Crippen molar-refractivity contribution in [3.63, 3.8) is 0 Å². The van der Waals surface area contributed by atoms with Gasteiger partial charge in [-0.1, -0.05) is 29.3 Å². The van der Waals surface area contributed by atoms with Crippen LogP contribution in [0.25, 0.3) is 0 Å². The van der Waals surface area contributed by atoms with Gasteiger partial charge in [-0.05, 0) is 26.0 Å². The van der Waals surface area contributed by atoms with Crippen molar-refractivity contribution in [2.45, 2.75) is 13.8 Å². The SMILES string of the molecule is Cc1cc(N/N=C/c2ccc(Cl)cc2Cl)nc(C)n1. The van der Waals surface area contributed by atoms with Crippen LogP contribution in [0.3, 0.4) is 0 Å². The number of rotatable bonds is 3. The summed E-state index contributed by atoms with van der Waals surface area (Å²) in [5.41, 5.74) is 4.51. The lowest BCUT2D eigenvalue weighted by Crippen LogP contribution is -1.98. The lowest BCUT2D eigenvalue weighted by molar-refractivity contribution is 1.01.